The van der Waals surface area contributed by atoms with Crippen LogP contribution in [0.1, 0.15) is 5.56 Å². The van der Waals surface area contributed by atoms with E-state index in [-0.39, 0.29) is 12.6 Å². The molecule has 0 aliphatic carbocycles. The minimum absolute atomic E-state index is 0.0406. The van der Waals surface area contributed by atoms with Gasteiger partial charge in [0.15, 0.2) is 0 Å². The Balaban J connectivity index is 2.58. The molecule has 72 valence electrons. The van der Waals surface area contributed by atoms with Gasteiger partial charge in [-0.3, -0.25) is 4.39 Å². The summed E-state index contributed by atoms with van der Waals surface area (Å²) < 4.78 is 13.4. The van der Waals surface area contributed by atoms with Gasteiger partial charge in [-0.1, -0.05) is 28.1 Å². The summed E-state index contributed by atoms with van der Waals surface area (Å²) in [5, 5.41) is 0. The van der Waals surface area contributed by atoms with Crippen molar-refractivity contribution in [3.05, 3.63) is 34.3 Å². The highest BCUT2D eigenvalue weighted by molar-refractivity contribution is 9.10. The summed E-state index contributed by atoms with van der Waals surface area (Å²) in [5.41, 5.74) is 6.55. The molecule has 1 aromatic rings. The third kappa shape index (κ3) is 3.44. The lowest BCUT2D eigenvalue weighted by Gasteiger charge is -2.09. The summed E-state index contributed by atoms with van der Waals surface area (Å²) in [6, 6.07) is 7.90. The molecule has 0 aromatic heterocycles. The Labute approximate surface area is 86.3 Å². The zero-order valence-corrected chi connectivity index (χ0v) is 8.93. The summed E-state index contributed by atoms with van der Waals surface area (Å²) >= 11 is 3.35. The quantitative estimate of drug-likeness (QED) is 0.867. The molecule has 0 aliphatic rings. The Morgan fingerprint density at radius 1 is 1.31 bits per heavy atom. The molecule has 1 unspecified atom stereocenters. The lowest BCUT2D eigenvalue weighted by Crippen LogP contribution is -2.18. The van der Waals surface area contributed by atoms with Crippen LogP contribution in [0.25, 0.3) is 0 Å². The molecule has 0 fully saturated rings. The number of hydrogen-bond acceptors (Lipinski definition) is 1. The number of halogens is 2. The van der Waals surface area contributed by atoms with Gasteiger partial charge in [0.25, 0.3) is 0 Å². The van der Waals surface area contributed by atoms with Gasteiger partial charge in [0, 0.05) is 10.4 Å². The van der Waals surface area contributed by atoms with Crippen LogP contribution in [0, 0.1) is 5.92 Å². The van der Waals surface area contributed by atoms with Crippen molar-refractivity contribution in [2.75, 3.05) is 13.2 Å². The minimum atomic E-state index is -0.341. The molecule has 0 saturated heterocycles. The molecule has 0 heterocycles. The standard InChI is InChI=1S/C10H13BrFN/c11-10-3-1-8(2-4-10)5-9(6-12)7-13/h1-4,9H,5-7,13H2. The van der Waals surface area contributed by atoms with Gasteiger partial charge in [-0.25, -0.2) is 0 Å². The van der Waals surface area contributed by atoms with E-state index in [4.69, 9.17) is 5.73 Å². The lowest BCUT2D eigenvalue weighted by atomic mass is 10.0. The second kappa shape index (κ2) is 5.35. The van der Waals surface area contributed by atoms with Crippen LogP contribution in [0.5, 0.6) is 0 Å². The van der Waals surface area contributed by atoms with E-state index in [1.54, 1.807) is 0 Å². The fourth-order valence-electron chi connectivity index (χ4n) is 1.15. The SMILES string of the molecule is NCC(CF)Cc1ccc(Br)cc1. The van der Waals surface area contributed by atoms with Crippen molar-refractivity contribution in [3.63, 3.8) is 0 Å². The maximum Gasteiger partial charge on any atom is 0.0937 e. The van der Waals surface area contributed by atoms with Crippen molar-refractivity contribution in [1.29, 1.82) is 0 Å². The van der Waals surface area contributed by atoms with Crippen molar-refractivity contribution in [2.45, 2.75) is 6.42 Å². The molecule has 0 saturated carbocycles. The predicted molar refractivity (Wildman–Crippen MR) is 56.4 cm³/mol. The van der Waals surface area contributed by atoms with Crippen molar-refractivity contribution in [1.82, 2.24) is 0 Å². The zero-order valence-electron chi connectivity index (χ0n) is 7.34. The van der Waals surface area contributed by atoms with E-state index in [2.05, 4.69) is 15.9 Å². The Morgan fingerprint density at radius 2 is 1.92 bits per heavy atom. The van der Waals surface area contributed by atoms with Crippen molar-refractivity contribution >= 4 is 15.9 Å². The molecule has 1 rings (SSSR count). The van der Waals surface area contributed by atoms with Crippen molar-refractivity contribution in [3.8, 4) is 0 Å². The topological polar surface area (TPSA) is 26.0 Å². The fraction of sp³-hybridized carbons (Fsp3) is 0.400. The van der Waals surface area contributed by atoms with Gasteiger partial charge in [-0.2, -0.15) is 0 Å². The van der Waals surface area contributed by atoms with E-state index in [9.17, 15) is 4.39 Å². The third-order valence-corrected chi connectivity index (χ3v) is 2.52. The smallest absolute Gasteiger partial charge is 0.0937 e. The van der Waals surface area contributed by atoms with Gasteiger partial charge in [-0.05, 0) is 30.7 Å². The lowest BCUT2D eigenvalue weighted by molar-refractivity contribution is 0.365. The molecule has 1 aromatic carbocycles. The van der Waals surface area contributed by atoms with E-state index in [1.165, 1.54) is 0 Å². The number of hydrogen-bond donors (Lipinski definition) is 1. The number of rotatable bonds is 4. The van der Waals surface area contributed by atoms with Crippen LogP contribution in [0.4, 0.5) is 4.39 Å². The van der Waals surface area contributed by atoms with Gasteiger partial charge >= 0.3 is 0 Å². The first-order chi connectivity index (χ1) is 6.26. The first kappa shape index (κ1) is 10.7. The molecule has 0 spiro atoms. The van der Waals surface area contributed by atoms with Crippen LogP contribution >= 0.6 is 15.9 Å². The molecular formula is C10H13BrFN. The van der Waals surface area contributed by atoms with Crippen LogP contribution in [0.2, 0.25) is 0 Å². The maximum atomic E-state index is 12.3. The second-order valence-corrected chi connectivity index (χ2v) is 4.00. The summed E-state index contributed by atoms with van der Waals surface area (Å²) in [4.78, 5) is 0. The fourth-order valence-corrected chi connectivity index (χ4v) is 1.42. The average Bonchev–Trinajstić information content (AvgIpc) is 2.17. The van der Waals surface area contributed by atoms with Crippen LogP contribution in [-0.2, 0) is 6.42 Å². The van der Waals surface area contributed by atoms with E-state index in [1.807, 2.05) is 24.3 Å². The molecule has 0 amide bonds. The second-order valence-electron chi connectivity index (χ2n) is 3.09. The molecule has 1 atom stereocenters. The number of nitrogens with two attached hydrogens (primary N) is 1. The monoisotopic (exact) mass is 245 g/mol. The van der Waals surface area contributed by atoms with Crippen LogP contribution in [0.3, 0.4) is 0 Å². The zero-order chi connectivity index (χ0) is 9.68. The number of alkyl halides is 1. The number of benzene rings is 1. The Morgan fingerprint density at radius 3 is 2.38 bits per heavy atom. The molecule has 13 heavy (non-hydrogen) atoms. The van der Waals surface area contributed by atoms with Crippen molar-refractivity contribution < 1.29 is 4.39 Å². The van der Waals surface area contributed by atoms with E-state index >= 15 is 0 Å². The summed E-state index contributed by atoms with van der Waals surface area (Å²) in [6.07, 6.45) is 0.722. The van der Waals surface area contributed by atoms with Gasteiger partial charge in [-0.15, -0.1) is 0 Å². The van der Waals surface area contributed by atoms with Crippen LogP contribution in [0.15, 0.2) is 28.7 Å². The highest BCUT2D eigenvalue weighted by Crippen LogP contribution is 2.13. The minimum Gasteiger partial charge on any atom is -0.330 e. The molecule has 0 radical (unpaired) electrons. The molecule has 2 N–H and O–H groups in total. The Hall–Kier alpha value is -0.410. The van der Waals surface area contributed by atoms with Crippen LogP contribution in [-0.4, -0.2) is 13.2 Å². The molecule has 1 nitrogen and oxygen atoms in total. The Kier molecular flexibility index (Phi) is 4.39. The van der Waals surface area contributed by atoms with Gasteiger partial charge in [0.05, 0.1) is 6.67 Å². The summed E-state index contributed by atoms with van der Waals surface area (Å²) in [6.45, 7) is 0.0686. The average molecular weight is 246 g/mol. The Bertz CT molecular complexity index is 244. The van der Waals surface area contributed by atoms with Gasteiger partial charge in [0.2, 0.25) is 0 Å². The highest BCUT2D eigenvalue weighted by atomic mass is 79.9. The van der Waals surface area contributed by atoms with Crippen LogP contribution < -0.4 is 5.73 Å². The van der Waals surface area contributed by atoms with E-state index in [0.717, 1.165) is 16.5 Å². The van der Waals surface area contributed by atoms with Gasteiger partial charge in [0.1, 0.15) is 0 Å². The predicted octanol–water partition coefficient (Wildman–Crippen LogP) is 2.54. The summed E-state index contributed by atoms with van der Waals surface area (Å²) in [7, 11) is 0. The molecule has 0 aliphatic heterocycles. The first-order valence-electron chi connectivity index (χ1n) is 4.26. The van der Waals surface area contributed by atoms with Gasteiger partial charge < -0.3 is 5.73 Å². The van der Waals surface area contributed by atoms with Crippen molar-refractivity contribution in [2.24, 2.45) is 11.7 Å². The highest BCUT2D eigenvalue weighted by Gasteiger charge is 2.06. The molecular weight excluding hydrogens is 233 g/mol. The molecule has 3 heteroatoms. The van der Waals surface area contributed by atoms with E-state index in [0.29, 0.717) is 6.54 Å². The normalized spacial score (nSPS) is 12.8. The first-order valence-corrected chi connectivity index (χ1v) is 5.06. The summed E-state index contributed by atoms with van der Waals surface area (Å²) in [5.74, 6) is -0.0406. The van der Waals surface area contributed by atoms with E-state index < -0.39 is 0 Å². The third-order valence-electron chi connectivity index (χ3n) is 1.99. The largest absolute Gasteiger partial charge is 0.330 e. The molecule has 0 bridgehead atoms. The maximum absolute atomic E-state index is 12.3.